The van der Waals surface area contributed by atoms with E-state index < -0.39 is 12.0 Å². The third-order valence-electron chi connectivity index (χ3n) is 3.66. The number of carbonyl (C=O) groups is 2. The van der Waals surface area contributed by atoms with E-state index in [4.69, 9.17) is 4.74 Å². The zero-order chi connectivity index (χ0) is 17.4. The lowest BCUT2D eigenvalue weighted by Crippen LogP contribution is -2.43. The van der Waals surface area contributed by atoms with Gasteiger partial charge in [-0.05, 0) is 29.7 Å². The quantitative estimate of drug-likeness (QED) is 0.739. The number of benzene rings is 2. The Kier molecular flexibility index (Phi) is 7.00. The summed E-state index contributed by atoms with van der Waals surface area (Å²) < 4.78 is 5.77. The third-order valence-corrected chi connectivity index (χ3v) is 4.19. The largest absolute Gasteiger partial charge is 0.467 e. The lowest BCUT2D eigenvalue weighted by Gasteiger charge is -2.16. The van der Waals surface area contributed by atoms with Gasteiger partial charge < -0.3 is 10.1 Å². The highest BCUT2D eigenvalue weighted by Gasteiger charge is 2.21. The summed E-state index contributed by atoms with van der Waals surface area (Å²) in [5.41, 5.74) is 2.05. The van der Waals surface area contributed by atoms with Crippen molar-refractivity contribution in [2.75, 3.05) is 7.11 Å². The van der Waals surface area contributed by atoms with E-state index in [9.17, 15) is 9.59 Å². The summed E-state index contributed by atoms with van der Waals surface area (Å²) in [5, 5.41) is 2.78. The van der Waals surface area contributed by atoms with Crippen LogP contribution >= 0.6 is 15.9 Å². The van der Waals surface area contributed by atoms with Crippen molar-refractivity contribution in [3.8, 4) is 0 Å². The number of carbonyl (C=O) groups excluding carboxylic acids is 2. The van der Waals surface area contributed by atoms with Gasteiger partial charge in [0.25, 0.3) is 0 Å². The molecule has 0 aliphatic carbocycles. The fourth-order valence-electron chi connectivity index (χ4n) is 2.36. The zero-order valence-electron chi connectivity index (χ0n) is 13.5. The fourth-order valence-corrected chi connectivity index (χ4v) is 2.63. The first kappa shape index (κ1) is 18.2. The maximum atomic E-state index is 12.2. The van der Waals surface area contributed by atoms with Crippen molar-refractivity contribution in [1.82, 2.24) is 5.32 Å². The highest BCUT2D eigenvalue weighted by Crippen LogP contribution is 2.12. The van der Waals surface area contributed by atoms with Gasteiger partial charge in [0.2, 0.25) is 5.91 Å². The highest BCUT2D eigenvalue weighted by atomic mass is 79.9. The zero-order valence-corrected chi connectivity index (χ0v) is 15.1. The van der Waals surface area contributed by atoms with Gasteiger partial charge in [-0.25, -0.2) is 4.79 Å². The molecular formula is C19H20BrNO3. The molecule has 5 heteroatoms. The van der Waals surface area contributed by atoms with E-state index in [0.29, 0.717) is 19.3 Å². The first-order valence-electron chi connectivity index (χ1n) is 7.74. The van der Waals surface area contributed by atoms with Gasteiger partial charge in [0.15, 0.2) is 0 Å². The van der Waals surface area contributed by atoms with Crippen molar-refractivity contribution in [1.29, 1.82) is 0 Å². The van der Waals surface area contributed by atoms with Crippen LogP contribution in [0.5, 0.6) is 0 Å². The Morgan fingerprint density at radius 3 is 2.33 bits per heavy atom. The molecule has 126 valence electrons. The minimum Gasteiger partial charge on any atom is -0.467 e. The molecule has 0 aliphatic heterocycles. The standard InChI is InChI=1S/C19H20BrNO3/c1-24-19(23)17(13-15-7-10-16(20)11-8-15)21-18(22)12-9-14-5-3-2-4-6-14/h2-8,10-11,17H,9,12-13H2,1H3,(H,21,22)/t17-/m0/s1. The van der Waals surface area contributed by atoms with Crippen LogP contribution in [0.3, 0.4) is 0 Å². The van der Waals surface area contributed by atoms with Crippen LogP contribution in [0.2, 0.25) is 0 Å². The highest BCUT2D eigenvalue weighted by molar-refractivity contribution is 9.10. The second-order valence-electron chi connectivity index (χ2n) is 5.46. The number of nitrogens with one attached hydrogen (secondary N) is 1. The summed E-state index contributed by atoms with van der Waals surface area (Å²) in [6.45, 7) is 0. The Morgan fingerprint density at radius 1 is 1.04 bits per heavy atom. The van der Waals surface area contributed by atoms with Gasteiger partial charge in [-0.2, -0.15) is 0 Å². The number of amides is 1. The number of ether oxygens (including phenoxy) is 1. The molecule has 2 rings (SSSR count). The van der Waals surface area contributed by atoms with Crippen LogP contribution in [-0.2, 0) is 27.2 Å². The molecule has 0 spiro atoms. The van der Waals surface area contributed by atoms with Crippen LogP contribution in [0.15, 0.2) is 59.1 Å². The summed E-state index contributed by atoms with van der Waals surface area (Å²) in [7, 11) is 1.33. The van der Waals surface area contributed by atoms with Crippen molar-refractivity contribution < 1.29 is 14.3 Å². The van der Waals surface area contributed by atoms with Crippen LogP contribution < -0.4 is 5.32 Å². The summed E-state index contributed by atoms with van der Waals surface area (Å²) in [6.07, 6.45) is 1.37. The lowest BCUT2D eigenvalue weighted by molar-refractivity contribution is -0.145. The molecule has 0 aromatic heterocycles. The molecule has 0 aliphatic rings. The Hall–Kier alpha value is -2.14. The van der Waals surface area contributed by atoms with Crippen LogP contribution in [0.4, 0.5) is 0 Å². The van der Waals surface area contributed by atoms with Crippen molar-refractivity contribution in [3.63, 3.8) is 0 Å². The predicted molar refractivity (Wildman–Crippen MR) is 96.6 cm³/mol. The van der Waals surface area contributed by atoms with E-state index in [-0.39, 0.29) is 5.91 Å². The van der Waals surface area contributed by atoms with Gasteiger partial charge in [-0.1, -0.05) is 58.4 Å². The van der Waals surface area contributed by atoms with E-state index in [1.54, 1.807) is 0 Å². The van der Waals surface area contributed by atoms with Crippen molar-refractivity contribution in [2.24, 2.45) is 0 Å². The van der Waals surface area contributed by atoms with Gasteiger partial charge in [0.05, 0.1) is 7.11 Å². The topological polar surface area (TPSA) is 55.4 Å². The molecule has 0 heterocycles. The first-order valence-corrected chi connectivity index (χ1v) is 8.53. The van der Waals surface area contributed by atoms with Crippen molar-refractivity contribution >= 4 is 27.8 Å². The Labute approximate surface area is 150 Å². The molecule has 0 saturated heterocycles. The number of rotatable bonds is 7. The number of hydrogen-bond acceptors (Lipinski definition) is 3. The molecule has 0 saturated carbocycles. The number of esters is 1. The van der Waals surface area contributed by atoms with E-state index in [2.05, 4.69) is 21.2 Å². The number of methoxy groups -OCH3 is 1. The van der Waals surface area contributed by atoms with Gasteiger partial charge in [-0.3, -0.25) is 4.79 Å². The minimum absolute atomic E-state index is 0.161. The Bertz CT molecular complexity index is 671. The van der Waals surface area contributed by atoms with E-state index in [1.165, 1.54) is 7.11 Å². The van der Waals surface area contributed by atoms with Crippen LogP contribution in [0.25, 0.3) is 0 Å². The molecule has 0 unspecified atom stereocenters. The summed E-state index contributed by atoms with van der Waals surface area (Å²) >= 11 is 3.38. The Balaban J connectivity index is 1.93. The monoisotopic (exact) mass is 389 g/mol. The Morgan fingerprint density at radius 2 is 1.71 bits per heavy atom. The molecule has 1 atom stereocenters. The van der Waals surface area contributed by atoms with E-state index in [1.807, 2.05) is 54.6 Å². The van der Waals surface area contributed by atoms with Crippen LogP contribution in [0.1, 0.15) is 17.5 Å². The SMILES string of the molecule is COC(=O)[C@H](Cc1ccc(Br)cc1)NC(=O)CCc1ccccc1. The molecule has 0 fully saturated rings. The predicted octanol–water partition coefficient (Wildman–Crippen LogP) is 3.28. The second-order valence-corrected chi connectivity index (χ2v) is 6.38. The average molecular weight is 390 g/mol. The second kappa shape index (κ2) is 9.23. The normalized spacial score (nSPS) is 11.6. The summed E-state index contributed by atoms with van der Waals surface area (Å²) in [5.74, 6) is -0.600. The molecule has 2 aromatic carbocycles. The summed E-state index contributed by atoms with van der Waals surface area (Å²) in [4.78, 5) is 24.1. The van der Waals surface area contributed by atoms with Crippen LogP contribution in [0, 0.1) is 0 Å². The molecule has 1 N–H and O–H groups in total. The molecule has 1 amide bonds. The van der Waals surface area contributed by atoms with Gasteiger partial charge in [-0.15, -0.1) is 0 Å². The number of halogens is 1. The lowest BCUT2D eigenvalue weighted by atomic mass is 10.1. The number of aryl methyl sites for hydroxylation is 1. The minimum atomic E-state index is -0.681. The maximum absolute atomic E-state index is 12.2. The van der Waals surface area contributed by atoms with Crippen molar-refractivity contribution in [3.05, 3.63) is 70.2 Å². The molecular weight excluding hydrogens is 370 g/mol. The third kappa shape index (κ3) is 5.81. The molecule has 2 aromatic rings. The van der Waals surface area contributed by atoms with Gasteiger partial charge in [0.1, 0.15) is 6.04 Å². The van der Waals surface area contributed by atoms with E-state index in [0.717, 1.165) is 15.6 Å². The smallest absolute Gasteiger partial charge is 0.328 e. The molecule has 4 nitrogen and oxygen atoms in total. The molecule has 0 bridgehead atoms. The van der Waals surface area contributed by atoms with Crippen LogP contribution in [-0.4, -0.2) is 25.0 Å². The molecule has 24 heavy (non-hydrogen) atoms. The van der Waals surface area contributed by atoms with Gasteiger partial charge in [0, 0.05) is 17.3 Å². The number of hydrogen-bond donors (Lipinski definition) is 1. The van der Waals surface area contributed by atoms with Crippen molar-refractivity contribution in [2.45, 2.75) is 25.3 Å². The summed E-state index contributed by atoms with van der Waals surface area (Å²) in [6, 6.07) is 16.7. The van der Waals surface area contributed by atoms with E-state index >= 15 is 0 Å². The fraction of sp³-hybridized carbons (Fsp3) is 0.263. The molecule has 0 radical (unpaired) electrons. The first-order chi connectivity index (χ1) is 11.6. The van der Waals surface area contributed by atoms with Gasteiger partial charge >= 0.3 is 5.97 Å². The maximum Gasteiger partial charge on any atom is 0.328 e. The average Bonchev–Trinajstić information content (AvgIpc) is 2.61.